The maximum atomic E-state index is 5.89. The molecule has 0 bridgehead atoms. The van der Waals surface area contributed by atoms with Gasteiger partial charge in [0.2, 0.25) is 0 Å². The molecule has 2 aromatic heterocycles. The monoisotopic (exact) mass is 223 g/mol. The number of rotatable bonds is 2. The van der Waals surface area contributed by atoms with Crippen LogP contribution in [-0.2, 0) is 4.74 Å². The predicted molar refractivity (Wildman–Crippen MR) is 62.0 cm³/mol. The van der Waals surface area contributed by atoms with Crippen LogP contribution >= 0.6 is 11.3 Å². The van der Waals surface area contributed by atoms with Crippen LogP contribution in [0, 0.1) is 6.92 Å². The maximum Gasteiger partial charge on any atom is 0.143 e. The van der Waals surface area contributed by atoms with Gasteiger partial charge in [-0.25, -0.2) is 9.97 Å². The molecular formula is C10H13N3OS. The van der Waals surface area contributed by atoms with Crippen LogP contribution in [0.15, 0.2) is 6.20 Å². The number of aryl methyl sites for hydroxylation is 1. The average molecular weight is 223 g/mol. The van der Waals surface area contributed by atoms with E-state index in [1.54, 1.807) is 24.6 Å². The molecule has 0 fully saturated rings. The van der Waals surface area contributed by atoms with Gasteiger partial charge in [0.25, 0.3) is 0 Å². The van der Waals surface area contributed by atoms with Gasteiger partial charge in [-0.05, 0) is 13.8 Å². The first kappa shape index (κ1) is 10.3. The van der Waals surface area contributed by atoms with E-state index in [4.69, 9.17) is 10.5 Å². The van der Waals surface area contributed by atoms with Gasteiger partial charge in [-0.15, -0.1) is 0 Å². The van der Waals surface area contributed by atoms with Crippen LogP contribution in [0.2, 0.25) is 0 Å². The third-order valence-electron chi connectivity index (χ3n) is 2.36. The zero-order chi connectivity index (χ0) is 11.0. The van der Waals surface area contributed by atoms with E-state index in [2.05, 4.69) is 9.97 Å². The van der Waals surface area contributed by atoms with Crippen LogP contribution in [0.1, 0.15) is 23.6 Å². The van der Waals surface area contributed by atoms with E-state index in [-0.39, 0.29) is 6.10 Å². The molecular weight excluding hydrogens is 210 g/mol. The normalized spacial score (nSPS) is 13.3. The second kappa shape index (κ2) is 3.75. The topological polar surface area (TPSA) is 61.0 Å². The highest BCUT2D eigenvalue weighted by Crippen LogP contribution is 2.31. The molecule has 0 aromatic carbocycles. The van der Waals surface area contributed by atoms with Gasteiger partial charge >= 0.3 is 0 Å². The smallest absolute Gasteiger partial charge is 0.143 e. The van der Waals surface area contributed by atoms with Crippen molar-refractivity contribution < 1.29 is 4.74 Å². The van der Waals surface area contributed by atoms with Crippen LogP contribution in [0.3, 0.4) is 0 Å². The lowest BCUT2D eigenvalue weighted by Crippen LogP contribution is -2.03. The lowest BCUT2D eigenvalue weighted by molar-refractivity contribution is 0.121. The van der Waals surface area contributed by atoms with Crippen LogP contribution in [-0.4, -0.2) is 17.1 Å². The molecule has 2 aromatic rings. The fourth-order valence-corrected chi connectivity index (χ4v) is 2.33. The molecule has 0 aliphatic heterocycles. The third-order valence-corrected chi connectivity index (χ3v) is 3.24. The molecule has 0 unspecified atom stereocenters. The number of anilines is 1. The Morgan fingerprint density at radius 1 is 1.53 bits per heavy atom. The van der Waals surface area contributed by atoms with E-state index in [1.807, 2.05) is 13.8 Å². The Morgan fingerprint density at radius 2 is 2.27 bits per heavy atom. The molecule has 0 aliphatic rings. The number of nitrogen functional groups attached to an aromatic ring is 1. The van der Waals surface area contributed by atoms with E-state index in [1.165, 1.54) is 0 Å². The number of aromatic nitrogens is 2. The standard InChI is InChI=1S/C10H13N3OS/c1-5(14-3)8-7(11)4-12-10-9(8)13-6(2)15-10/h4-5H,11H2,1-3H3/t5-/m0/s1. The maximum absolute atomic E-state index is 5.89. The summed E-state index contributed by atoms with van der Waals surface area (Å²) in [6.07, 6.45) is 1.61. The van der Waals surface area contributed by atoms with Crippen molar-refractivity contribution in [1.82, 2.24) is 9.97 Å². The Kier molecular flexibility index (Phi) is 2.58. The summed E-state index contributed by atoms with van der Waals surface area (Å²) < 4.78 is 5.29. The third kappa shape index (κ3) is 1.68. The molecule has 5 heteroatoms. The number of hydrogen-bond donors (Lipinski definition) is 1. The molecule has 2 N–H and O–H groups in total. The van der Waals surface area contributed by atoms with Gasteiger partial charge in [-0.1, -0.05) is 11.3 Å². The molecule has 0 saturated heterocycles. The lowest BCUT2D eigenvalue weighted by Gasteiger charge is -2.12. The van der Waals surface area contributed by atoms with E-state index in [0.29, 0.717) is 5.69 Å². The SMILES string of the molecule is CO[C@@H](C)c1c(N)cnc2sc(C)nc12. The molecule has 80 valence electrons. The molecule has 15 heavy (non-hydrogen) atoms. The van der Waals surface area contributed by atoms with Crippen molar-refractivity contribution in [2.24, 2.45) is 0 Å². The summed E-state index contributed by atoms with van der Waals surface area (Å²) in [5.41, 5.74) is 8.34. The second-order valence-corrected chi connectivity index (χ2v) is 4.57. The highest BCUT2D eigenvalue weighted by atomic mass is 32.1. The van der Waals surface area contributed by atoms with Gasteiger partial charge < -0.3 is 10.5 Å². The lowest BCUT2D eigenvalue weighted by atomic mass is 10.1. The minimum atomic E-state index is -0.0583. The number of nitrogens with zero attached hydrogens (tertiary/aromatic N) is 2. The summed E-state index contributed by atoms with van der Waals surface area (Å²) in [4.78, 5) is 9.61. The number of methoxy groups -OCH3 is 1. The van der Waals surface area contributed by atoms with Gasteiger partial charge in [0, 0.05) is 12.7 Å². The summed E-state index contributed by atoms with van der Waals surface area (Å²) in [5, 5.41) is 0.993. The Labute approximate surface area is 92.1 Å². The molecule has 2 rings (SSSR count). The molecule has 0 amide bonds. The summed E-state index contributed by atoms with van der Waals surface area (Å²) in [6, 6.07) is 0. The number of fused-ring (bicyclic) bond motifs is 1. The molecule has 0 spiro atoms. The second-order valence-electron chi connectivity index (χ2n) is 3.39. The first-order valence-corrected chi connectivity index (χ1v) is 5.49. The van der Waals surface area contributed by atoms with E-state index in [9.17, 15) is 0 Å². The van der Waals surface area contributed by atoms with Crippen molar-refractivity contribution in [1.29, 1.82) is 0 Å². The van der Waals surface area contributed by atoms with Crippen molar-refractivity contribution in [3.05, 3.63) is 16.8 Å². The average Bonchev–Trinajstić information content (AvgIpc) is 2.57. The predicted octanol–water partition coefficient (Wildman–Crippen LogP) is 2.29. The summed E-state index contributed by atoms with van der Waals surface area (Å²) in [5.74, 6) is 0. The van der Waals surface area contributed by atoms with Gasteiger partial charge in [0.15, 0.2) is 0 Å². The van der Waals surface area contributed by atoms with Crippen LogP contribution in [0.25, 0.3) is 10.3 Å². The number of thiazole rings is 1. The summed E-state index contributed by atoms with van der Waals surface area (Å²) >= 11 is 1.57. The van der Waals surface area contributed by atoms with Crippen molar-refractivity contribution in [3.8, 4) is 0 Å². The molecule has 4 nitrogen and oxygen atoms in total. The summed E-state index contributed by atoms with van der Waals surface area (Å²) in [6.45, 7) is 3.92. The zero-order valence-electron chi connectivity index (χ0n) is 8.94. The number of nitrogens with two attached hydrogens (primary N) is 1. The molecule has 2 heterocycles. The summed E-state index contributed by atoms with van der Waals surface area (Å²) in [7, 11) is 1.66. The highest BCUT2D eigenvalue weighted by Gasteiger charge is 2.16. The minimum absolute atomic E-state index is 0.0583. The van der Waals surface area contributed by atoms with Gasteiger partial charge in [0.05, 0.1) is 23.0 Å². The van der Waals surface area contributed by atoms with E-state index in [0.717, 1.165) is 20.9 Å². The Morgan fingerprint density at radius 3 is 2.93 bits per heavy atom. The zero-order valence-corrected chi connectivity index (χ0v) is 9.76. The fourth-order valence-electron chi connectivity index (χ4n) is 1.56. The Hall–Kier alpha value is -1.20. The minimum Gasteiger partial charge on any atom is -0.397 e. The highest BCUT2D eigenvalue weighted by molar-refractivity contribution is 7.18. The number of hydrogen-bond acceptors (Lipinski definition) is 5. The van der Waals surface area contributed by atoms with Gasteiger partial charge in [0.1, 0.15) is 10.3 Å². The molecule has 0 aliphatic carbocycles. The molecule has 0 saturated carbocycles. The first-order chi connectivity index (χ1) is 7.13. The van der Waals surface area contributed by atoms with Gasteiger partial charge in [-0.2, -0.15) is 0 Å². The Balaban J connectivity index is 2.73. The largest absolute Gasteiger partial charge is 0.397 e. The van der Waals surface area contributed by atoms with Crippen molar-refractivity contribution in [2.75, 3.05) is 12.8 Å². The number of ether oxygens (including phenoxy) is 1. The Bertz CT molecular complexity index is 495. The van der Waals surface area contributed by atoms with Crippen molar-refractivity contribution in [2.45, 2.75) is 20.0 Å². The fraction of sp³-hybridized carbons (Fsp3) is 0.400. The van der Waals surface area contributed by atoms with Crippen LogP contribution in [0.5, 0.6) is 0 Å². The van der Waals surface area contributed by atoms with Crippen molar-refractivity contribution in [3.63, 3.8) is 0 Å². The number of pyridine rings is 1. The quantitative estimate of drug-likeness (QED) is 0.848. The van der Waals surface area contributed by atoms with Crippen LogP contribution < -0.4 is 5.73 Å². The van der Waals surface area contributed by atoms with Crippen molar-refractivity contribution >= 4 is 27.4 Å². The first-order valence-electron chi connectivity index (χ1n) is 4.67. The van der Waals surface area contributed by atoms with Gasteiger partial charge in [-0.3, -0.25) is 0 Å². The van der Waals surface area contributed by atoms with E-state index < -0.39 is 0 Å². The van der Waals surface area contributed by atoms with Crippen LogP contribution in [0.4, 0.5) is 5.69 Å². The van der Waals surface area contributed by atoms with E-state index >= 15 is 0 Å². The molecule has 1 atom stereocenters. The molecule has 0 radical (unpaired) electrons.